The molecule has 0 aromatic heterocycles. The van der Waals surface area contributed by atoms with Crippen LogP contribution in [0, 0.1) is 17.3 Å². The van der Waals surface area contributed by atoms with E-state index in [1.807, 2.05) is 0 Å². The monoisotopic (exact) mass is 295 g/mol. The average Bonchev–Trinajstić information content (AvgIpc) is 2.86. The lowest BCUT2D eigenvalue weighted by Crippen LogP contribution is -2.44. The molecule has 2 bridgehead atoms. The van der Waals surface area contributed by atoms with Crippen molar-refractivity contribution in [1.82, 2.24) is 4.90 Å². The molecule has 2 nitrogen and oxygen atoms in total. The summed E-state index contributed by atoms with van der Waals surface area (Å²) in [7, 11) is 0. The molecule has 2 saturated heterocycles. The van der Waals surface area contributed by atoms with Gasteiger partial charge in [-0.05, 0) is 63.2 Å². The number of morpholine rings is 1. The second kappa shape index (κ2) is 6.58. The Morgan fingerprint density at radius 3 is 2.05 bits per heavy atom. The second-order valence-electron chi connectivity index (χ2n) is 8.40. The molecule has 2 aliphatic heterocycles. The molecule has 21 heavy (non-hydrogen) atoms. The van der Waals surface area contributed by atoms with Crippen LogP contribution in [0.2, 0.25) is 0 Å². The lowest BCUT2D eigenvalue weighted by Gasteiger charge is -2.55. The van der Waals surface area contributed by atoms with E-state index in [0.717, 1.165) is 29.9 Å². The van der Waals surface area contributed by atoms with Gasteiger partial charge in [-0.15, -0.1) is 0 Å². The highest BCUT2D eigenvalue weighted by Crippen LogP contribution is 2.60. The maximum absolute atomic E-state index is 5.49. The number of hydrogen-bond donors (Lipinski definition) is 0. The Labute approximate surface area is 132 Å². The summed E-state index contributed by atoms with van der Waals surface area (Å²) in [5.74, 6) is 2.03. The van der Waals surface area contributed by atoms with Gasteiger partial charge in [-0.2, -0.15) is 0 Å². The minimum atomic E-state index is 0. The molecule has 124 valence electrons. The molecule has 4 rings (SSSR count). The molecular weight excluding hydrogens is 258 g/mol. The number of hydrogen-bond acceptors (Lipinski definition) is 2. The van der Waals surface area contributed by atoms with E-state index in [9.17, 15) is 0 Å². The number of rotatable bonds is 2. The van der Waals surface area contributed by atoms with E-state index in [-0.39, 0.29) is 7.43 Å². The lowest BCUT2D eigenvalue weighted by atomic mass is 9.50. The van der Waals surface area contributed by atoms with E-state index in [4.69, 9.17) is 4.74 Å². The third kappa shape index (κ3) is 3.47. The van der Waals surface area contributed by atoms with Crippen LogP contribution < -0.4 is 0 Å². The molecule has 2 heteroatoms. The predicted molar refractivity (Wildman–Crippen MR) is 90.6 cm³/mol. The zero-order chi connectivity index (χ0) is 14.3. The van der Waals surface area contributed by atoms with Crippen molar-refractivity contribution in [2.45, 2.75) is 91.8 Å². The van der Waals surface area contributed by atoms with E-state index in [1.54, 1.807) is 25.7 Å². The first-order valence-corrected chi connectivity index (χ1v) is 8.86. The van der Waals surface area contributed by atoms with Crippen molar-refractivity contribution in [3.8, 4) is 0 Å². The summed E-state index contributed by atoms with van der Waals surface area (Å²) in [6, 6.07) is 1.45. The van der Waals surface area contributed by atoms with Gasteiger partial charge in [0.1, 0.15) is 0 Å². The quantitative estimate of drug-likeness (QED) is 0.730. The minimum Gasteiger partial charge on any atom is -0.375 e. The van der Waals surface area contributed by atoms with Crippen LogP contribution in [0.5, 0.6) is 0 Å². The largest absolute Gasteiger partial charge is 0.375 e. The highest BCUT2D eigenvalue weighted by atomic mass is 16.5. The molecule has 0 N–H and O–H groups in total. The van der Waals surface area contributed by atoms with Gasteiger partial charge in [-0.1, -0.05) is 27.7 Å². The van der Waals surface area contributed by atoms with Crippen LogP contribution in [-0.2, 0) is 4.74 Å². The zero-order valence-corrected chi connectivity index (χ0v) is 13.9. The van der Waals surface area contributed by atoms with Gasteiger partial charge in [0, 0.05) is 18.6 Å². The average molecular weight is 296 g/mol. The molecular formula is C19H37NO. The molecule has 4 aliphatic rings. The molecule has 4 fully saturated rings. The van der Waals surface area contributed by atoms with Crippen LogP contribution in [0.25, 0.3) is 0 Å². The second-order valence-corrected chi connectivity index (χ2v) is 8.40. The lowest BCUT2D eigenvalue weighted by molar-refractivity contribution is -0.0435. The van der Waals surface area contributed by atoms with Crippen molar-refractivity contribution >= 4 is 0 Å². The summed E-state index contributed by atoms with van der Waals surface area (Å²) in [5.41, 5.74) is 0.898. The Morgan fingerprint density at radius 2 is 1.76 bits per heavy atom. The van der Waals surface area contributed by atoms with Crippen molar-refractivity contribution in [3.63, 3.8) is 0 Å². The summed E-state index contributed by atoms with van der Waals surface area (Å²) < 4.78 is 5.49. The summed E-state index contributed by atoms with van der Waals surface area (Å²) in [6.07, 6.45) is 9.58. The number of fused-ring (bicyclic) bond motifs is 2. The van der Waals surface area contributed by atoms with Gasteiger partial charge in [0.05, 0.1) is 12.7 Å². The fourth-order valence-electron chi connectivity index (χ4n) is 4.67. The molecule has 2 heterocycles. The highest BCUT2D eigenvalue weighted by molar-refractivity contribution is 4.99. The smallest absolute Gasteiger partial charge is 0.0718 e. The summed E-state index contributed by atoms with van der Waals surface area (Å²) in [4.78, 5) is 2.55. The van der Waals surface area contributed by atoms with Crippen molar-refractivity contribution < 1.29 is 4.74 Å². The van der Waals surface area contributed by atoms with Gasteiger partial charge in [0.15, 0.2) is 0 Å². The first-order valence-electron chi connectivity index (χ1n) is 8.86. The molecule has 0 amide bonds. The summed E-state index contributed by atoms with van der Waals surface area (Å²) >= 11 is 0. The molecule has 0 aromatic carbocycles. The standard InChI is InChI=1S/C10H18.C8H15NO.CH4/c1-8(2)9-6-10(7-9)4-3-5-10;1-6(2)9-4-8-3-7(9)5-10-8;/h8-9H,3-7H2,1-2H3;6-8H,3-5H2,1-2H3;1H4. The van der Waals surface area contributed by atoms with Crippen LogP contribution in [0.4, 0.5) is 0 Å². The molecule has 2 saturated carbocycles. The third-order valence-electron chi connectivity index (χ3n) is 6.35. The molecule has 0 aromatic rings. The maximum Gasteiger partial charge on any atom is 0.0718 e. The van der Waals surface area contributed by atoms with Gasteiger partial charge >= 0.3 is 0 Å². The molecule has 2 atom stereocenters. The van der Waals surface area contributed by atoms with Crippen molar-refractivity contribution in [1.29, 1.82) is 0 Å². The van der Waals surface area contributed by atoms with Gasteiger partial charge in [0.25, 0.3) is 0 Å². The van der Waals surface area contributed by atoms with Crippen LogP contribution in [0.15, 0.2) is 0 Å². The van der Waals surface area contributed by atoms with Crippen LogP contribution in [0.3, 0.4) is 0 Å². The fourth-order valence-corrected chi connectivity index (χ4v) is 4.67. The highest BCUT2D eigenvalue weighted by Gasteiger charge is 2.48. The third-order valence-corrected chi connectivity index (χ3v) is 6.35. The normalized spacial score (nSPS) is 33.4. The summed E-state index contributed by atoms with van der Waals surface area (Å²) in [6.45, 7) is 11.4. The molecule has 2 unspecified atom stereocenters. The van der Waals surface area contributed by atoms with Gasteiger partial charge in [-0.25, -0.2) is 0 Å². The zero-order valence-electron chi connectivity index (χ0n) is 13.9. The Balaban J connectivity index is 0.000000147. The van der Waals surface area contributed by atoms with E-state index in [1.165, 1.54) is 19.4 Å². The van der Waals surface area contributed by atoms with Crippen LogP contribution in [0.1, 0.15) is 73.6 Å². The Hall–Kier alpha value is -0.0800. The topological polar surface area (TPSA) is 12.5 Å². The Kier molecular flexibility index (Phi) is 5.41. The van der Waals surface area contributed by atoms with E-state index in [0.29, 0.717) is 12.1 Å². The Bertz CT molecular complexity index is 326. The SMILES string of the molecule is C.CC(C)C1CC2(CCC2)C1.CC(C)N1CC2CC1CO2. The van der Waals surface area contributed by atoms with Gasteiger partial charge in [-0.3, -0.25) is 4.90 Å². The predicted octanol–water partition coefficient (Wildman–Crippen LogP) is 4.73. The minimum absolute atomic E-state index is 0. The van der Waals surface area contributed by atoms with Crippen molar-refractivity contribution in [2.24, 2.45) is 17.3 Å². The van der Waals surface area contributed by atoms with E-state index < -0.39 is 0 Å². The molecule has 2 aliphatic carbocycles. The molecule has 0 radical (unpaired) electrons. The molecule has 1 spiro atoms. The number of likely N-dealkylation sites (tertiary alicyclic amines) is 1. The van der Waals surface area contributed by atoms with Gasteiger partial charge in [0.2, 0.25) is 0 Å². The first kappa shape index (κ1) is 17.3. The first-order chi connectivity index (χ1) is 9.49. The Morgan fingerprint density at radius 1 is 1.10 bits per heavy atom. The fraction of sp³-hybridized carbons (Fsp3) is 1.00. The van der Waals surface area contributed by atoms with Gasteiger partial charge < -0.3 is 4.74 Å². The summed E-state index contributed by atoms with van der Waals surface area (Å²) in [5, 5.41) is 0. The van der Waals surface area contributed by atoms with E-state index in [2.05, 4.69) is 32.6 Å². The van der Waals surface area contributed by atoms with Crippen LogP contribution in [-0.4, -0.2) is 36.2 Å². The number of ether oxygens (including phenoxy) is 1. The van der Waals surface area contributed by atoms with Crippen molar-refractivity contribution in [3.05, 3.63) is 0 Å². The van der Waals surface area contributed by atoms with E-state index >= 15 is 0 Å². The number of nitrogens with zero attached hydrogens (tertiary/aromatic N) is 1. The van der Waals surface area contributed by atoms with Crippen LogP contribution >= 0.6 is 0 Å². The van der Waals surface area contributed by atoms with Crippen molar-refractivity contribution in [2.75, 3.05) is 13.2 Å². The maximum atomic E-state index is 5.49.